The number of nitrogens with zero attached hydrogens (tertiary/aromatic N) is 2. The first kappa shape index (κ1) is 13.6. The summed E-state index contributed by atoms with van der Waals surface area (Å²) in [5.74, 6) is 0.00157. The number of benzene rings is 1. The topological polar surface area (TPSA) is 43.6 Å². The van der Waals surface area contributed by atoms with Gasteiger partial charge in [-0.1, -0.05) is 17.7 Å². The number of aromatic nitrogens is 2. The third kappa shape index (κ3) is 2.62. The fraction of sp³-hybridized carbons (Fsp3) is 0.125. The van der Waals surface area contributed by atoms with Crippen LogP contribution in [-0.2, 0) is 0 Å². The average Bonchev–Trinajstić information content (AvgIpc) is 2.87. The van der Waals surface area contributed by atoms with E-state index in [1.54, 1.807) is 24.4 Å². The molecule has 4 nitrogen and oxygen atoms in total. The SMILES string of the molecule is Cc1cc(Cl)ccc1OC(=O)c1cn2c(C)cccc2n1. The van der Waals surface area contributed by atoms with Crippen LogP contribution in [0.5, 0.6) is 5.75 Å². The second-order valence-corrected chi connectivity index (χ2v) is 5.26. The zero-order valence-corrected chi connectivity index (χ0v) is 12.4. The molecule has 0 radical (unpaired) electrons. The maximum absolute atomic E-state index is 12.2. The summed E-state index contributed by atoms with van der Waals surface area (Å²) in [5.41, 5.74) is 2.80. The smallest absolute Gasteiger partial charge is 0.363 e. The second kappa shape index (κ2) is 5.22. The van der Waals surface area contributed by atoms with Gasteiger partial charge >= 0.3 is 5.97 Å². The lowest BCUT2D eigenvalue weighted by Crippen LogP contribution is -2.09. The van der Waals surface area contributed by atoms with Gasteiger partial charge in [-0.05, 0) is 49.7 Å². The lowest BCUT2D eigenvalue weighted by Gasteiger charge is -2.05. The van der Waals surface area contributed by atoms with E-state index >= 15 is 0 Å². The van der Waals surface area contributed by atoms with Gasteiger partial charge in [-0.15, -0.1) is 0 Å². The number of rotatable bonds is 2. The van der Waals surface area contributed by atoms with Crippen LogP contribution in [0.15, 0.2) is 42.6 Å². The summed E-state index contributed by atoms with van der Waals surface area (Å²) in [4.78, 5) is 16.5. The molecule has 0 saturated carbocycles. The summed E-state index contributed by atoms with van der Waals surface area (Å²) in [6.07, 6.45) is 1.68. The summed E-state index contributed by atoms with van der Waals surface area (Å²) in [5, 5.41) is 0.607. The van der Waals surface area contributed by atoms with E-state index in [1.165, 1.54) is 0 Å². The molecule has 1 aromatic carbocycles. The average molecular weight is 301 g/mol. The monoisotopic (exact) mass is 300 g/mol. The van der Waals surface area contributed by atoms with Gasteiger partial charge in [0.1, 0.15) is 11.4 Å². The van der Waals surface area contributed by atoms with E-state index in [2.05, 4.69) is 4.98 Å². The lowest BCUT2D eigenvalue weighted by atomic mass is 10.2. The van der Waals surface area contributed by atoms with Gasteiger partial charge in [-0.25, -0.2) is 9.78 Å². The van der Waals surface area contributed by atoms with Crippen molar-refractivity contribution >= 4 is 23.2 Å². The number of hydrogen-bond acceptors (Lipinski definition) is 3. The van der Waals surface area contributed by atoms with Crippen molar-refractivity contribution in [2.75, 3.05) is 0 Å². The van der Waals surface area contributed by atoms with Crippen molar-refractivity contribution in [2.24, 2.45) is 0 Å². The fourth-order valence-corrected chi connectivity index (χ4v) is 2.35. The Kier molecular flexibility index (Phi) is 3.39. The Labute approximate surface area is 126 Å². The normalized spacial score (nSPS) is 10.8. The number of carbonyl (C=O) groups excluding carboxylic acids is 1. The van der Waals surface area contributed by atoms with E-state index in [0.717, 1.165) is 16.9 Å². The first-order chi connectivity index (χ1) is 10.0. The molecule has 0 aliphatic rings. The molecule has 0 aliphatic heterocycles. The van der Waals surface area contributed by atoms with Crippen LogP contribution < -0.4 is 4.74 Å². The predicted octanol–water partition coefficient (Wildman–Crippen LogP) is 3.82. The van der Waals surface area contributed by atoms with Crippen LogP contribution >= 0.6 is 11.6 Å². The predicted molar refractivity (Wildman–Crippen MR) is 81.1 cm³/mol. The molecule has 0 amide bonds. The minimum atomic E-state index is -0.483. The molecule has 2 heterocycles. The fourth-order valence-electron chi connectivity index (χ4n) is 2.13. The van der Waals surface area contributed by atoms with Gasteiger partial charge in [-0.2, -0.15) is 0 Å². The van der Waals surface area contributed by atoms with Gasteiger partial charge in [0.2, 0.25) is 0 Å². The lowest BCUT2D eigenvalue weighted by molar-refractivity contribution is 0.0728. The molecule has 0 aliphatic carbocycles. The molecule has 106 valence electrons. The second-order valence-electron chi connectivity index (χ2n) is 4.82. The molecule has 5 heteroatoms. The Bertz CT molecular complexity index is 839. The molecule has 0 atom stereocenters. The number of hydrogen-bond donors (Lipinski definition) is 0. The van der Waals surface area contributed by atoms with E-state index in [-0.39, 0.29) is 5.69 Å². The molecular formula is C16H13ClN2O2. The first-order valence-electron chi connectivity index (χ1n) is 6.47. The molecule has 0 unspecified atom stereocenters. The largest absolute Gasteiger partial charge is 0.421 e. The molecule has 0 fully saturated rings. The molecular weight excluding hydrogens is 288 g/mol. The zero-order chi connectivity index (χ0) is 15.0. The Morgan fingerprint density at radius 1 is 1.24 bits per heavy atom. The van der Waals surface area contributed by atoms with Crippen LogP contribution in [0.1, 0.15) is 21.7 Å². The van der Waals surface area contributed by atoms with Gasteiger partial charge in [0.05, 0.1) is 0 Å². The van der Waals surface area contributed by atoms with E-state index < -0.39 is 5.97 Å². The van der Waals surface area contributed by atoms with Crippen molar-refractivity contribution in [1.82, 2.24) is 9.38 Å². The van der Waals surface area contributed by atoms with E-state index in [0.29, 0.717) is 10.8 Å². The van der Waals surface area contributed by atoms with Crippen LogP contribution in [0.25, 0.3) is 5.65 Å². The quantitative estimate of drug-likeness (QED) is 0.534. The molecule has 0 spiro atoms. The third-order valence-electron chi connectivity index (χ3n) is 3.24. The molecule has 3 rings (SSSR count). The number of carbonyl (C=O) groups is 1. The van der Waals surface area contributed by atoms with Crippen molar-refractivity contribution < 1.29 is 9.53 Å². The summed E-state index contributed by atoms with van der Waals surface area (Å²) in [6, 6.07) is 10.8. The van der Waals surface area contributed by atoms with Crippen molar-refractivity contribution in [1.29, 1.82) is 0 Å². The molecule has 0 N–H and O–H groups in total. The van der Waals surface area contributed by atoms with Crippen LogP contribution in [0.4, 0.5) is 0 Å². The van der Waals surface area contributed by atoms with E-state index in [9.17, 15) is 4.79 Å². The van der Waals surface area contributed by atoms with Crippen LogP contribution in [0.3, 0.4) is 0 Å². The minimum absolute atomic E-state index is 0.277. The number of halogens is 1. The summed E-state index contributed by atoms with van der Waals surface area (Å²) >= 11 is 5.89. The Morgan fingerprint density at radius 2 is 2.05 bits per heavy atom. The van der Waals surface area contributed by atoms with Gasteiger partial charge in [0.15, 0.2) is 5.69 Å². The standard InChI is InChI=1S/C16H13ClN2O2/c1-10-8-12(17)6-7-14(10)21-16(20)13-9-19-11(2)4-3-5-15(19)18-13/h3-9H,1-2H3. The van der Waals surface area contributed by atoms with Gasteiger partial charge < -0.3 is 9.14 Å². The Balaban J connectivity index is 1.92. The number of pyridine rings is 1. The molecule has 0 bridgehead atoms. The molecule has 21 heavy (non-hydrogen) atoms. The molecule has 0 saturated heterocycles. The molecule has 3 aromatic rings. The van der Waals surface area contributed by atoms with Crippen LogP contribution in [-0.4, -0.2) is 15.4 Å². The van der Waals surface area contributed by atoms with Crippen molar-refractivity contribution in [3.63, 3.8) is 0 Å². The Hall–Kier alpha value is -2.33. The maximum atomic E-state index is 12.2. The van der Waals surface area contributed by atoms with Gasteiger partial charge in [0, 0.05) is 16.9 Å². The number of ether oxygens (including phenoxy) is 1. The summed E-state index contributed by atoms with van der Waals surface area (Å²) < 4.78 is 7.23. The van der Waals surface area contributed by atoms with Crippen molar-refractivity contribution in [2.45, 2.75) is 13.8 Å². The van der Waals surface area contributed by atoms with Gasteiger partial charge in [0.25, 0.3) is 0 Å². The van der Waals surface area contributed by atoms with Crippen molar-refractivity contribution in [3.05, 3.63) is 64.6 Å². The third-order valence-corrected chi connectivity index (χ3v) is 3.48. The number of imidazole rings is 1. The van der Waals surface area contributed by atoms with Crippen molar-refractivity contribution in [3.8, 4) is 5.75 Å². The van der Waals surface area contributed by atoms with E-state index in [1.807, 2.05) is 36.4 Å². The minimum Gasteiger partial charge on any atom is -0.421 e. The highest BCUT2D eigenvalue weighted by molar-refractivity contribution is 6.30. The highest BCUT2D eigenvalue weighted by atomic mass is 35.5. The Morgan fingerprint density at radius 3 is 2.76 bits per heavy atom. The first-order valence-corrected chi connectivity index (χ1v) is 6.85. The highest BCUT2D eigenvalue weighted by Crippen LogP contribution is 2.22. The molecule has 2 aromatic heterocycles. The van der Waals surface area contributed by atoms with Gasteiger partial charge in [-0.3, -0.25) is 0 Å². The van der Waals surface area contributed by atoms with E-state index in [4.69, 9.17) is 16.3 Å². The number of fused-ring (bicyclic) bond motifs is 1. The highest BCUT2D eigenvalue weighted by Gasteiger charge is 2.15. The number of esters is 1. The summed E-state index contributed by atoms with van der Waals surface area (Å²) in [7, 11) is 0. The van der Waals surface area contributed by atoms with Crippen LogP contribution in [0.2, 0.25) is 5.02 Å². The number of aryl methyl sites for hydroxylation is 2. The zero-order valence-electron chi connectivity index (χ0n) is 11.6. The maximum Gasteiger partial charge on any atom is 0.363 e. The summed E-state index contributed by atoms with van der Waals surface area (Å²) in [6.45, 7) is 3.79. The van der Waals surface area contributed by atoms with Crippen LogP contribution in [0, 0.1) is 13.8 Å².